The molecule has 1 amide bonds. The van der Waals surface area contributed by atoms with Crippen molar-refractivity contribution in [2.45, 2.75) is 39.4 Å². The summed E-state index contributed by atoms with van der Waals surface area (Å²) in [4.78, 5) is 11.8. The van der Waals surface area contributed by atoms with Gasteiger partial charge in [-0.2, -0.15) is 10.2 Å². The van der Waals surface area contributed by atoms with Gasteiger partial charge in [0.15, 0.2) is 0 Å². The molecule has 0 saturated heterocycles. The fourth-order valence-corrected chi connectivity index (χ4v) is 1.89. The maximum atomic E-state index is 11.8. The number of amides is 1. The molecule has 2 aromatic heterocycles. The number of carbonyl (C=O) groups excluding carboxylic acids is 1. The topological polar surface area (TPSA) is 64.7 Å². The summed E-state index contributed by atoms with van der Waals surface area (Å²) in [6, 6.07) is 3.86. The van der Waals surface area contributed by atoms with E-state index >= 15 is 0 Å². The third-order valence-electron chi connectivity index (χ3n) is 2.77. The Kier molecular flexibility index (Phi) is 4.33. The molecule has 1 atom stereocenters. The number of carbonyl (C=O) groups is 1. The van der Waals surface area contributed by atoms with Crippen LogP contribution < -0.4 is 5.32 Å². The van der Waals surface area contributed by atoms with Crippen LogP contribution in [0, 0.1) is 6.92 Å². The summed E-state index contributed by atoms with van der Waals surface area (Å²) in [7, 11) is 0. The number of rotatable bonds is 6. The number of aryl methyl sites for hydroxylation is 2. The van der Waals surface area contributed by atoms with Gasteiger partial charge in [-0.1, -0.05) is 0 Å². The molecule has 2 aromatic rings. The van der Waals surface area contributed by atoms with Gasteiger partial charge in [0.05, 0.1) is 12.2 Å². The van der Waals surface area contributed by atoms with Gasteiger partial charge in [0.2, 0.25) is 5.91 Å². The molecule has 102 valence electrons. The van der Waals surface area contributed by atoms with Crippen LogP contribution >= 0.6 is 0 Å². The van der Waals surface area contributed by atoms with Gasteiger partial charge in [0, 0.05) is 37.6 Å². The zero-order valence-electron chi connectivity index (χ0n) is 11.3. The second-order valence-corrected chi connectivity index (χ2v) is 4.67. The van der Waals surface area contributed by atoms with Gasteiger partial charge in [-0.3, -0.25) is 14.2 Å². The molecule has 0 radical (unpaired) electrons. The predicted octanol–water partition coefficient (Wildman–Crippen LogP) is 0.983. The Labute approximate surface area is 112 Å². The molecule has 0 fully saturated rings. The third-order valence-corrected chi connectivity index (χ3v) is 2.77. The molecule has 0 spiro atoms. The van der Waals surface area contributed by atoms with Crippen molar-refractivity contribution in [3.63, 3.8) is 0 Å². The highest BCUT2D eigenvalue weighted by atomic mass is 16.1. The van der Waals surface area contributed by atoms with E-state index in [-0.39, 0.29) is 11.9 Å². The Morgan fingerprint density at radius 1 is 1.42 bits per heavy atom. The standard InChI is InChI=1S/C13H19N5O/c1-11-4-8-17(16-11)9-5-13(19)15-12(2)10-18-7-3-6-14-18/h3-4,6-8,12H,5,9-10H2,1-2H3,(H,15,19)/t12-/m0/s1. The summed E-state index contributed by atoms with van der Waals surface area (Å²) >= 11 is 0. The van der Waals surface area contributed by atoms with Crippen molar-refractivity contribution in [3.05, 3.63) is 36.4 Å². The number of aromatic nitrogens is 4. The molecule has 0 aliphatic rings. The summed E-state index contributed by atoms with van der Waals surface area (Å²) in [5.74, 6) is 0.0350. The fourth-order valence-electron chi connectivity index (χ4n) is 1.89. The van der Waals surface area contributed by atoms with Crippen LogP contribution in [-0.2, 0) is 17.9 Å². The summed E-state index contributed by atoms with van der Waals surface area (Å²) in [6.45, 7) is 5.19. The van der Waals surface area contributed by atoms with E-state index in [0.29, 0.717) is 19.5 Å². The van der Waals surface area contributed by atoms with Crippen LogP contribution in [0.4, 0.5) is 0 Å². The maximum absolute atomic E-state index is 11.8. The SMILES string of the molecule is Cc1ccn(CCC(=O)N[C@@H](C)Cn2cccn2)n1. The van der Waals surface area contributed by atoms with E-state index in [1.54, 1.807) is 10.9 Å². The van der Waals surface area contributed by atoms with E-state index in [9.17, 15) is 4.79 Å². The molecule has 1 N–H and O–H groups in total. The molecular weight excluding hydrogens is 242 g/mol. The highest BCUT2D eigenvalue weighted by Crippen LogP contribution is 1.96. The largest absolute Gasteiger partial charge is 0.352 e. The van der Waals surface area contributed by atoms with Gasteiger partial charge in [-0.05, 0) is 26.0 Å². The monoisotopic (exact) mass is 261 g/mol. The van der Waals surface area contributed by atoms with Crippen LogP contribution in [0.2, 0.25) is 0 Å². The van der Waals surface area contributed by atoms with Crippen LogP contribution in [0.15, 0.2) is 30.7 Å². The molecule has 0 saturated carbocycles. The fraction of sp³-hybridized carbons (Fsp3) is 0.462. The molecule has 0 unspecified atom stereocenters. The Morgan fingerprint density at radius 2 is 2.26 bits per heavy atom. The van der Waals surface area contributed by atoms with Crippen LogP contribution in [0.3, 0.4) is 0 Å². The smallest absolute Gasteiger partial charge is 0.222 e. The Morgan fingerprint density at radius 3 is 2.89 bits per heavy atom. The molecule has 0 bridgehead atoms. The minimum absolute atomic E-state index is 0.0350. The minimum Gasteiger partial charge on any atom is -0.352 e. The average molecular weight is 261 g/mol. The number of nitrogens with one attached hydrogen (secondary N) is 1. The van der Waals surface area contributed by atoms with Gasteiger partial charge >= 0.3 is 0 Å². The summed E-state index contributed by atoms with van der Waals surface area (Å²) in [5, 5.41) is 11.3. The van der Waals surface area contributed by atoms with E-state index in [2.05, 4.69) is 15.5 Å². The first-order valence-corrected chi connectivity index (χ1v) is 6.40. The summed E-state index contributed by atoms with van der Waals surface area (Å²) in [5.41, 5.74) is 0.965. The third kappa shape index (κ3) is 4.24. The lowest BCUT2D eigenvalue weighted by molar-refractivity contribution is -0.122. The van der Waals surface area contributed by atoms with Crippen molar-refractivity contribution in [1.82, 2.24) is 24.9 Å². The van der Waals surface area contributed by atoms with E-state index < -0.39 is 0 Å². The van der Waals surface area contributed by atoms with Crippen molar-refractivity contribution in [1.29, 1.82) is 0 Å². The Balaban J connectivity index is 1.71. The molecule has 2 heterocycles. The van der Waals surface area contributed by atoms with Gasteiger partial charge in [0.1, 0.15) is 0 Å². The Hall–Kier alpha value is -2.11. The maximum Gasteiger partial charge on any atom is 0.222 e. The summed E-state index contributed by atoms with van der Waals surface area (Å²) < 4.78 is 3.59. The zero-order valence-corrected chi connectivity index (χ0v) is 11.3. The number of nitrogens with zero attached hydrogens (tertiary/aromatic N) is 4. The summed E-state index contributed by atoms with van der Waals surface area (Å²) in [6.07, 6.45) is 5.93. The highest BCUT2D eigenvalue weighted by molar-refractivity contribution is 5.76. The van der Waals surface area contributed by atoms with Crippen LogP contribution in [0.5, 0.6) is 0 Å². The normalized spacial score (nSPS) is 12.3. The second kappa shape index (κ2) is 6.17. The molecule has 19 heavy (non-hydrogen) atoms. The molecule has 6 nitrogen and oxygen atoms in total. The van der Waals surface area contributed by atoms with Gasteiger partial charge in [-0.25, -0.2) is 0 Å². The lowest BCUT2D eigenvalue weighted by atomic mass is 10.3. The molecule has 2 rings (SSSR count). The van der Waals surface area contributed by atoms with Crippen molar-refractivity contribution < 1.29 is 4.79 Å². The van der Waals surface area contributed by atoms with E-state index in [4.69, 9.17) is 0 Å². The van der Waals surface area contributed by atoms with Gasteiger partial charge in [0.25, 0.3) is 0 Å². The van der Waals surface area contributed by atoms with E-state index in [0.717, 1.165) is 5.69 Å². The van der Waals surface area contributed by atoms with E-state index in [1.807, 2.05) is 43.1 Å². The lowest BCUT2D eigenvalue weighted by Crippen LogP contribution is -2.36. The van der Waals surface area contributed by atoms with Gasteiger partial charge in [-0.15, -0.1) is 0 Å². The highest BCUT2D eigenvalue weighted by Gasteiger charge is 2.08. The first-order valence-electron chi connectivity index (χ1n) is 6.40. The molecule has 0 aliphatic carbocycles. The minimum atomic E-state index is 0.0350. The van der Waals surface area contributed by atoms with Crippen molar-refractivity contribution >= 4 is 5.91 Å². The quantitative estimate of drug-likeness (QED) is 0.843. The second-order valence-electron chi connectivity index (χ2n) is 4.67. The van der Waals surface area contributed by atoms with Gasteiger partial charge < -0.3 is 5.32 Å². The van der Waals surface area contributed by atoms with Crippen LogP contribution in [0.25, 0.3) is 0 Å². The number of hydrogen-bond acceptors (Lipinski definition) is 3. The van der Waals surface area contributed by atoms with Crippen LogP contribution in [-0.4, -0.2) is 31.5 Å². The van der Waals surface area contributed by atoms with Crippen molar-refractivity contribution in [3.8, 4) is 0 Å². The Bertz CT molecular complexity index is 517. The lowest BCUT2D eigenvalue weighted by Gasteiger charge is -2.13. The molecule has 0 aromatic carbocycles. The van der Waals surface area contributed by atoms with E-state index in [1.165, 1.54) is 0 Å². The van der Waals surface area contributed by atoms with Crippen LogP contribution in [0.1, 0.15) is 19.0 Å². The average Bonchev–Trinajstić information content (AvgIpc) is 2.98. The molecule has 6 heteroatoms. The van der Waals surface area contributed by atoms with Crippen molar-refractivity contribution in [2.24, 2.45) is 0 Å². The molecule has 0 aliphatic heterocycles. The first-order chi connectivity index (χ1) is 9.13. The number of hydrogen-bond donors (Lipinski definition) is 1. The predicted molar refractivity (Wildman–Crippen MR) is 71.4 cm³/mol. The molecular formula is C13H19N5O. The zero-order chi connectivity index (χ0) is 13.7. The first kappa shape index (κ1) is 13.3. The van der Waals surface area contributed by atoms with Crippen molar-refractivity contribution in [2.75, 3.05) is 0 Å².